The molecule has 23 heavy (non-hydrogen) atoms. The van der Waals surface area contributed by atoms with Gasteiger partial charge < -0.3 is 14.8 Å². The first-order valence-corrected chi connectivity index (χ1v) is 7.16. The van der Waals surface area contributed by atoms with Gasteiger partial charge in [0.15, 0.2) is 0 Å². The number of rotatable bonds is 5. The molecule has 3 aromatic rings. The third kappa shape index (κ3) is 3.40. The fourth-order valence-electron chi connectivity index (χ4n) is 2.25. The van der Waals surface area contributed by atoms with E-state index >= 15 is 0 Å². The molecule has 5 heteroatoms. The molecule has 0 radical (unpaired) electrons. The molecule has 0 fully saturated rings. The average Bonchev–Trinajstić information content (AvgIpc) is 2.62. The summed E-state index contributed by atoms with van der Waals surface area (Å²) in [4.78, 5) is 8.60. The highest BCUT2D eigenvalue weighted by atomic mass is 16.5. The standard InChI is InChI=1S/C18H17N3O2/c1-22-14-7-5-6-13(10-14)16-11-18(20-12-19-16)21-15-8-3-4-9-17(15)23-2/h3-12H,1-2H3,(H,19,20,21). The topological polar surface area (TPSA) is 56.3 Å². The van der Waals surface area contributed by atoms with Crippen LogP contribution >= 0.6 is 0 Å². The van der Waals surface area contributed by atoms with Gasteiger partial charge in [-0.3, -0.25) is 0 Å². The number of benzene rings is 2. The normalized spacial score (nSPS) is 10.2. The van der Waals surface area contributed by atoms with Crippen molar-refractivity contribution < 1.29 is 9.47 Å². The molecule has 0 saturated carbocycles. The van der Waals surface area contributed by atoms with Crippen molar-refractivity contribution in [1.29, 1.82) is 0 Å². The molecule has 2 aromatic carbocycles. The highest BCUT2D eigenvalue weighted by Gasteiger charge is 2.06. The molecule has 0 atom stereocenters. The van der Waals surface area contributed by atoms with Crippen molar-refractivity contribution in [3.05, 3.63) is 60.9 Å². The Morgan fingerprint density at radius 1 is 0.870 bits per heavy atom. The number of nitrogens with zero attached hydrogens (tertiary/aromatic N) is 2. The zero-order valence-corrected chi connectivity index (χ0v) is 13.0. The molecule has 0 aliphatic heterocycles. The van der Waals surface area contributed by atoms with Gasteiger partial charge in [-0.1, -0.05) is 24.3 Å². The van der Waals surface area contributed by atoms with E-state index in [1.54, 1.807) is 14.2 Å². The largest absolute Gasteiger partial charge is 0.497 e. The van der Waals surface area contributed by atoms with Gasteiger partial charge in [0.05, 0.1) is 25.6 Å². The van der Waals surface area contributed by atoms with E-state index in [4.69, 9.17) is 9.47 Å². The number of aromatic nitrogens is 2. The quantitative estimate of drug-likeness (QED) is 0.774. The van der Waals surface area contributed by atoms with Gasteiger partial charge in [-0.2, -0.15) is 0 Å². The van der Waals surface area contributed by atoms with Crippen molar-refractivity contribution in [2.45, 2.75) is 0 Å². The van der Waals surface area contributed by atoms with Crippen molar-refractivity contribution in [1.82, 2.24) is 9.97 Å². The third-order valence-electron chi connectivity index (χ3n) is 3.40. The Labute approximate surface area is 134 Å². The van der Waals surface area contributed by atoms with Gasteiger partial charge in [0, 0.05) is 11.6 Å². The van der Waals surface area contributed by atoms with E-state index in [0.29, 0.717) is 5.82 Å². The van der Waals surface area contributed by atoms with Gasteiger partial charge in [0.2, 0.25) is 0 Å². The predicted octanol–water partition coefficient (Wildman–Crippen LogP) is 3.90. The smallest absolute Gasteiger partial charge is 0.142 e. The number of hydrogen-bond donors (Lipinski definition) is 1. The van der Waals surface area contributed by atoms with Crippen LogP contribution in [-0.2, 0) is 0 Å². The third-order valence-corrected chi connectivity index (χ3v) is 3.40. The first kappa shape index (κ1) is 14.8. The van der Waals surface area contributed by atoms with Crippen LogP contribution in [-0.4, -0.2) is 24.2 Å². The predicted molar refractivity (Wildman–Crippen MR) is 90.3 cm³/mol. The lowest BCUT2D eigenvalue weighted by molar-refractivity contribution is 0.415. The van der Waals surface area contributed by atoms with E-state index in [1.165, 1.54) is 6.33 Å². The number of hydrogen-bond acceptors (Lipinski definition) is 5. The van der Waals surface area contributed by atoms with Crippen LogP contribution in [0.15, 0.2) is 60.9 Å². The van der Waals surface area contributed by atoms with Gasteiger partial charge >= 0.3 is 0 Å². The highest BCUT2D eigenvalue weighted by molar-refractivity contribution is 5.68. The molecule has 0 unspecified atom stereocenters. The van der Waals surface area contributed by atoms with Crippen LogP contribution in [0.3, 0.4) is 0 Å². The van der Waals surface area contributed by atoms with Crippen molar-refractivity contribution in [2.75, 3.05) is 19.5 Å². The minimum absolute atomic E-state index is 0.697. The first-order chi connectivity index (χ1) is 11.3. The molecule has 0 spiro atoms. The van der Waals surface area contributed by atoms with Crippen molar-refractivity contribution in [3.8, 4) is 22.8 Å². The molecule has 116 valence electrons. The fraction of sp³-hybridized carbons (Fsp3) is 0.111. The minimum Gasteiger partial charge on any atom is -0.497 e. The second-order valence-electron chi connectivity index (χ2n) is 4.85. The van der Waals surface area contributed by atoms with E-state index in [0.717, 1.165) is 28.4 Å². The highest BCUT2D eigenvalue weighted by Crippen LogP contribution is 2.28. The Morgan fingerprint density at radius 2 is 1.74 bits per heavy atom. The molecule has 0 amide bonds. The monoisotopic (exact) mass is 307 g/mol. The van der Waals surface area contributed by atoms with Gasteiger partial charge in [0.25, 0.3) is 0 Å². The lowest BCUT2D eigenvalue weighted by atomic mass is 10.1. The zero-order chi connectivity index (χ0) is 16.1. The molecule has 1 N–H and O–H groups in total. The van der Waals surface area contributed by atoms with Crippen molar-refractivity contribution in [2.24, 2.45) is 0 Å². The number of methoxy groups -OCH3 is 2. The maximum absolute atomic E-state index is 5.34. The van der Waals surface area contributed by atoms with E-state index in [2.05, 4.69) is 15.3 Å². The molecule has 1 aromatic heterocycles. The number of ether oxygens (including phenoxy) is 2. The second-order valence-corrected chi connectivity index (χ2v) is 4.85. The molecule has 0 aliphatic carbocycles. The lowest BCUT2D eigenvalue weighted by Gasteiger charge is -2.11. The summed E-state index contributed by atoms with van der Waals surface area (Å²) in [6.07, 6.45) is 1.53. The van der Waals surface area contributed by atoms with Crippen LogP contribution in [0.4, 0.5) is 11.5 Å². The van der Waals surface area contributed by atoms with Gasteiger partial charge in [0.1, 0.15) is 23.6 Å². The summed E-state index contributed by atoms with van der Waals surface area (Å²) < 4.78 is 10.6. The Balaban J connectivity index is 1.90. The van der Waals surface area contributed by atoms with Crippen molar-refractivity contribution in [3.63, 3.8) is 0 Å². The summed E-state index contributed by atoms with van der Waals surface area (Å²) in [5, 5.41) is 3.25. The van der Waals surface area contributed by atoms with Crippen LogP contribution in [0.5, 0.6) is 11.5 Å². The summed E-state index contributed by atoms with van der Waals surface area (Å²) in [5.74, 6) is 2.25. The van der Waals surface area contributed by atoms with Gasteiger partial charge in [-0.25, -0.2) is 9.97 Å². The molecule has 0 bridgehead atoms. The van der Waals surface area contributed by atoms with Gasteiger partial charge in [-0.05, 0) is 24.3 Å². The Bertz CT molecular complexity index is 806. The Hall–Kier alpha value is -3.08. The summed E-state index contributed by atoms with van der Waals surface area (Å²) in [5.41, 5.74) is 2.64. The molecule has 3 rings (SSSR count). The van der Waals surface area contributed by atoms with E-state index in [-0.39, 0.29) is 0 Å². The molecular formula is C18H17N3O2. The van der Waals surface area contributed by atoms with E-state index in [9.17, 15) is 0 Å². The summed E-state index contributed by atoms with van der Waals surface area (Å²) in [7, 11) is 3.29. The van der Waals surface area contributed by atoms with Gasteiger partial charge in [-0.15, -0.1) is 0 Å². The Kier molecular flexibility index (Phi) is 4.38. The molecule has 0 saturated heterocycles. The lowest BCUT2D eigenvalue weighted by Crippen LogP contribution is -1.97. The molecule has 1 heterocycles. The van der Waals surface area contributed by atoms with Crippen molar-refractivity contribution >= 4 is 11.5 Å². The van der Waals surface area contributed by atoms with Crippen LogP contribution < -0.4 is 14.8 Å². The van der Waals surface area contributed by atoms with Crippen LogP contribution in [0.2, 0.25) is 0 Å². The fourth-order valence-corrected chi connectivity index (χ4v) is 2.25. The first-order valence-electron chi connectivity index (χ1n) is 7.16. The average molecular weight is 307 g/mol. The summed E-state index contributed by atoms with van der Waals surface area (Å²) in [6.45, 7) is 0. The second kappa shape index (κ2) is 6.79. The SMILES string of the molecule is COc1cccc(-c2cc(Nc3ccccc3OC)ncn2)c1. The number of nitrogens with one attached hydrogen (secondary N) is 1. The maximum Gasteiger partial charge on any atom is 0.142 e. The summed E-state index contributed by atoms with van der Waals surface area (Å²) >= 11 is 0. The zero-order valence-electron chi connectivity index (χ0n) is 13.0. The minimum atomic E-state index is 0.697. The Morgan fingerprint density at radius 3 is 2.57 bits per heavy atom. The molecule has 0 aliphatic rings. The number of para-hydroxylation sites is 2. The number of anilines is 2. The van der Waals surface area contributed by atoms with Crippen LogP contribution in [0.1, 0.15) is 0 Å². The van der Waals surface area contributed by atoms with E-state index < -0.39 is 0 Å². The van der Waals surface area contributed by atoms with Crippen LogP contribution in [0.25, 0.3) is 11.3 Å². The van der Waals surface area contributed by atoms with Crippen LogP contribution in [0, 0.1) is 0 Å². The summed E-state index contributed by atoms with van der Waals surface area (Å²) in [6, 6.07) is 17.3. The van der Waals surface area contributed by atoms with E-state index in [1.807, 2.05) is 54.6 Å². The molecule has 5 nitrogen and oxygen atoms in total. The molecular weight excluding hydrogens is 290 g/mol. The maximum atomic E-state index is 5.34.